The molecule has 0 atom stereocenters. The molecule has 2 heterocycles. The van der Waals surface area contributed by atoms with E-state index in [1.165, 1.54) is 6.42 Å². The van der Waals surface area contributed by atoms with Crippen molar-refractivity contribution in [3.05, 3.63) is 69.7 Å². The zero-order chi connectivity index (χ0) is 20.7. The van der Waals surface area contributed by atoms with Gasteiger partial charge in [0.2, 0.25) is 5.88 Å². The van der Waals surface area contributed by atoms with Crippen LogP contribution in [0.2, 0.25) is 5.02 Å². The van der Waals surface area contributed by atoms with Gasteiger partial charge in [0.15, 0.2) is 5.78 Å². The average Bonchev–Trinajstić information content (AvgIpc) is 2.74. The van der Waals surface area contributed by atoms with E-state index in [1.807, 2.05) is 54.6 Å². The van der Waals surface area contributed by atoms with Crippen LogP contribution in [0.1, 0.15) is 48.9 Å². The predicted molar refractivity (Wildman–Crippen MR) is 123 cm³/mol. The SMILES string of the molecule is O=C1CC2(CCCCC2)Oc2nc(-c3ccccc3Cl)c(-c3ccc(Br)cc3)cc21. The minimum atomic E-state index is -0.397. The number of benzene rings is 2. The van der Waals surface area contributed by atoms with E-state index in [9.17, 15) is 4.79 Å². The summed E-state index contributed by atoms with van der Waals surface area (Å²) in [5.74, 6) is 0.568. The number of fused-ring (bicyclic) bond motifs is 1. The Balaban J connectivity index is 1.70. The molecule has 3 aromatic rings. The predicted octanol–water partition coefficient (Wildman–Crippen LogP) is 7.50. The van der Waals surface area contributed by atoms with E-state index in [-0.39, 0.29) is 5.78 Å². The molecule has 152 valence electrons. The maximum Gasteiger partial charge on any atom is 0.225 e. The standard InChI is InChI=1S/C25H21BrClNO2/c26-17-10-8-16(9-11-17)19-14-20-22(29)15-25(12-4-1-5-13-25)30-24(20)28-23(19)18-6-2-3-7-21(18)27/h2-3,6-11,14H,1,4-5,12-13,15H2. The molecular weight excluding hydrogens is 462 g/mol. The first-order valence-corrected chi connectivity index (χ1v) is 11.5. The monoisotopic (exact) mass is 481 g/mol. The summed E-state index contributed by atoms with van der Waals surface area (Å²) in [5.41, 5.74) is 3.60. The first-order chi connectivity index (χ1) is 14.5. The average molecular weight is 483 g/mol. The van der Waals surface area contributed by atoms with Crippen molar-refractivity contribution < 1.29 is 9.53 Å². The highest BCUT2D eigenvalue weighted by Crippen LogP contribution is 2.44. The molecule has 2 aliphatic rings. The van der Waals surface area contributed by atoms with Gasteiger partial charge in [-0.3, -0.25) is 4.79 Å². The fourth-order valence-electron chi connectivity index (χ4n) is 4.59. The Bertz CT molecular complexity index is 1120. The third kappa shape index (κ3) is 3.57. The summed E-state index contributed by atoms with van der Waals surface area (Å²) in [7, 11) is 0. The van der Waals surface area contributed by atoms with Gasteiger partial charge in [-0.2, -0.15) is 0 Å². The summed E-state index contributed by atoms with van der Waals surface area (Å²) in [5, 5.41) is 0.623. The Hall–Kier alpha value is -2.17. The number of aromatic nitrogens is 1. The van der Waals surface area contributed by atoms with Gasteiger partial charge in [0.05, 0.1) is 17.7 Å². The van der Waals surface area contributed by atoms with E-state index in [2.05, 4.69) is 15.9 Å². The fourth-order valence-corrected chi connectivity index (χ4v) is 5.08. The van der Waals surface area contributed by atoms with Crippen molar-refractivity contribution in [1.82, 2.24) is 4.98 Å². The van der Waals surface area contributed by atoms with Crippen molar-refractivity contribution in [2.24, 2.45) is 0 Å². The van der Waals surface area contributed by atoms with Crippen LogP contribution in [0.4, 0.5) is 0 Å². The molecule has 0 bridgehead atoms. The van der Waals surface area contributed by atoms with Crippen molar-refractivity contribution in [1.29, 1.82) is 0 Å². The molecule has 0 unspecified atom stereocenters. The van der Waals surface area contributed by atoms with Crippen molar-refractivity contribution in [2.75, 3.05) is 0 Å². The first kappa shape index (κ1) is 19.8. The molecule has 0 saturated heterocycles. The lowest BCUT2D eigenvalue weighted by atomic mass is 9.78. The number of Topliss-reactive ketones (excluding diaryl/α,β-unsaturated/α-hetero) is 1. The van der Waals surface area contributed by atoms with Gasteiger partial charge < -0.3 is 4.74 Å². The Labute approximate surface area is 189 Å². The minimum Gasteiger partial charge on any atom is -0.470 e. The summed E-state index contributed by atoms with van der Waals surface area (Å²) in [6.07, 6.45) is 5.65. The molecule has 5 heteroatoms. The lowest BCUT2D eigenvalue weighted by Gasteiger charge is -2.40. The number of hydrogen-bond donors (Lipinski definition) is 0. The van der Waals surface area contributed by atoms with Gasteiger partial charge in [0, 0.05) is 20.6 Å². The quantitative estimate of drug-likeness (QED) is 0.379. The van der Waals surface area contributed by atoms with Crippen LogP contribution in [0.3, 0.4) is 0 Å². The Morgan fingerprint density at radius 3 is 2.40 bits per heavy atom. The van der Waals surface area contributed by atoms with Crippen molar-refractivity contribution in [3.8, 4) is 28.3 Å². The minimum absolute atomic E-state index is 0.120. The Morgan fingerprint density at radius 2 is 1.67 bits per heavy atom. The molecule has 3 nitrogen and oxygen atoms in total. The number of nitrogens with zero attached hydrogens (tertiary/aromatic N) is 1. The smallest absolute Gasteiger partial charge is 0.225 e. The normalized spacial score (nSPS) is 17.5. The second-order valence-electron chi connectivity index (χ2n) is 8.17. The molecule has 0 radical (unpaired) electrons. The number of pyridine rings is 1. The van der Waals surface area contributed by atoms with E-state index in [4.69, 9.17) is 21.3 Å². The molecule has 2 aromatic carbocycles. The van der Waals surface area contributed by atoms with Crippen LogP contribution >= 0.6 is 27.5 Å². The second-order valence-corrected chi connectivity index (χ2v) is 9.49. The van der Waals surface area contributed by atoms with Crippen LogP contribution in [0, 0.1) is 0 Å². The number of hydrogen-bond acceptors (Lipinski definition) is 3. The van der Waals surface area contributed by atoms with Crippen LogP contribution in [0.15, 0.2) is 59.1 Å². The maximum absolute atomic E-state index is 13.2. The van der Waals surface area contributed by atoms with Crippen LogP contribution < -0.4 is 4.74 Å². The number of carbonyl (C=O) groups excluding carboxylic acids is 1. The maximum atomic E-state index is 13.2. The third-order valence-corrected chi connectivity index (χ3v) is 6.99. The molecule has 1 saturated carbocycles. The Morgan fingerprint density at radius 1 is 0.933 bits per heavy atom. The number of rotatable bonds is 2. The molecule has 0 N–H and O–H groups in total. The largest absolute Gasteiger partial charge is 0.470 e. The van der Waals surface area contributed by atoms with Gasteiger partial charge in [-0.15, -0.1) is 0 Å². The summed E-state index contributed by atoms with van der Waals surface area (Å²) < 4.78 is 7.46. The van der Waals surface area contributed by atoms with E-state index in [0.29, 0.717) is 22.9 Å². The second kappa shape index (κ2) is 7.82. The number of ketones is 1. The third-order valence-electron chi connectivity index (χ3n) is 6.13. The lowest BCUT2D eigenvalue weighted by molar-refractivity contribution is 0.00996. The summed E-state index contributed by atoms with van der Waals surface area (Å²) >= 11 is 10.0. The zero-order valence-electron chi connectivity index (χ0n) is 16.5. The van der Waals surface area contributed by atoms with Crippen LogP contribution in [0.25, 0.3) is 22.4 Å². The van der Waals surface area contributed by atoms with Crippen molar-refractivity contribution in [2.45, 2.75) is 44.1 Å². The van der Waals surface area contributed by atoms with Gasteiger partial charge >= 0.3 is 0 Å². The van der Waals surface area contributed by atoms with E-state index in [0.717, 1.165) is 52.5 Å². The van der Waals surface area contributed by atoms with E-state index >= 15 is 0 Å². The van der Waals surface area contributed by atoms with Gasteiger partial charge in [-0.1, -0.05) is 64.3 Å². The van der Waals surface area contributed by atoms with Gasteiger partial charge in [0.1, 0.15) is 5.60 Å². The number of halogens is 2. The molecule has 1 spiro atoms. The zero-order valence-corrected chi connectivity index (χ0v) is 18.8. The highest BCUT2D eigenvalue weighted by Gasteiger charge is 2.42. The van der Waals surface area contributed by atoms with Gasteiger partial charge in [-0.05, 0) is 55.5 Å². The molecule has 5 rings (SSSR count). The Kier molecular flexibility index (Phi) is 5.16. The molecule has 30 heavy (non-hydrogen) atoms. The summed E-state index contributed by atoms with van der Waals surface area (Å²) in [6, 6.07) is 17.6. The lowest BCUT2D eigenvalue weighted by Crippen LogP contribution is -2.44. The van der Waals surface area contributed by atoms with E-state index < -0.39 is 5.60 Å². The van der Waals surface area contributed by atoms with Crippen LogP contribution in [-0.2, 0) is 0 Å². The highest BCUT2D eigenvalue weighted by atomic mass is 79.9. The molecule has 0 amide bonds. The van der Waals surface area contributed by atoms with Gasteiger partial charge in [0.25, 0.3) is 0 Å². The molecule has 1 fully saturated rings. The number of ether oxygens (including phenoxy) is 1. The van der Waals surface area contributed by atoms with Crippen molar-refractivity contribution in [3.63, 3.8) is 0 Å². The first-order valence-electron chi connectivity index (χ1n) is 10.3. The summed E-state index contributed by atoms with van der Waals surface area (Å²) in [4.78, 5) is 18.1. The molecule has 1 aromatic heterocycles. The highest BCUT2D eigenvalue weighted by molar-refractivity contribution is 9.10. The van der Waals surface area contributed by atoms with Crippen LogP contribution in [-0.4, -0.2) is 16.4 Å². The van der Waals surface area contributed by atoms with Gasteiger partial charge in [-0.25, -0.2) is 4.98 Å². The molecular formula is C25H21BrClNO2. The molecule has 1 aliphatic carbocycles. The van der Waals surface area contributed by atoms with Crippen LogP contribution in [0.5, 0.6) is 5.88 Å². The topological polar surface area (TPSA) is 39.2 Å². The number of carbonyl (C=O) groups is 1. The van der Waals surface area contributed by atoms with E-state index in [1.54, 1.807) is 0 Å². The van der Waals surface area contributed by atoms with Crippen molar-refractivity contribution >= 4 is 33.3 Å². The molecule has 1 aliphatic heterocycles. The summed E-state index contributed by atoms with van der Waals surface area (Å²) in [6.45, 7) is 0. The fraction of sp³-hybridized carbons (Fsp3) is 0.280.